The van der Waals surface area contributed by atoms with Gasteiger partial charge in [0.2, 0.25) is 5.91 Å². The largest absolute Gasteiger partial charge is 0.486 e. The molecule has 2 heterocycles. The lowest BCUT2D eigenvalue weighted by atomic mass is 10.0. The SMILES string of the molecule is Cc1ccc(C(C)C)c(OCc2nc(C(=O)NCCCNC(=O)Cc3cccs3)cs2)c1. The third kappa shape index (κ3) is 7.17. The van der Waals surface area contributed by atoms with Gasteiger partial charge in [0.15, 0.2) is 0 Å². The van der Waals surface area contributed by atoms with Gasteiger partial charge in [-0.25, -0.2) is 4.98 Å². The average molecular weight is 472 g/mol. The van der Waals surface area contributed by atoms with Crippen molar-refractivity contribution in [3.8, 4) is 5.75 Å². The Hall–Kier alpha value is -2.71. The van der Waals surface area contributed by atoms with Crippen LogP contribution in [0.2, 0.25) is 0 Å². The Bertz CT molecular complexity index is 1030. The molecule has 2 amide bonds. The molecule has 2 aromatic heterocycles. The van der Waals surface area contributed by atoms with Crippen molar-refractivity contribution in [1.29, 1.82) is 0 Å². The third-order valence-corrected chi connectivity index (χ3v) is 6.50. The van der Waals surface area contributed by atoms with E-state index < -0.39 is 0 Å². The Morgan fingerprint density at radius 2 is 1.94 bits per heavy atom. The molecule has 0 aliphatic carbocycles. The zero-order chi connectivity index (χ0) is 22.9. The molecule has 170 valence electrons. The molecular formula is C24H29N3O3S2. The smallest absolute Gasteiger partial charge is 0.270 e. The van der Waals surface area contributed by atoms with Crippen LogP contribution in [-0.2, 0) is 17.8 Å². The Kier molecular flexibility index (Phi) is 8.81. The first-order chi connectivity index (χ1) is 15.4. The van der Waals surface area contributed by atoms with Gasteiger partial charge in [-0.2, -0.15) is 0 Å². The number of ether oxygens (including phenoxy) is 1. The maximum atomic E-state index is 12.3. The first-order valence-electron chi connectivity index (χ1n) is 10.7. The Morgan fingerprint density at radius 1 is 1.12 bits per heavy atom. The minimum Gasteiger partial charge on any atom is -0.486 e. The molecule has 0 spiro atoms. The molecule has 8 heteroatoms. The van der Waals surface area contributed by atoms with Gasteiger partial charge >= 0.3 is 0 Å². The first-order valence-corrected chi connectivity index (χ1v) is 12.4. The monoisotopic (exact) mass is 471 g/mol. The number of thiazole rings is 1. The van der Waals surface area contributed by atoms with Crippen molar-refractivity contribution in [3.05, 3.63) is 67.8 Å². The van der Waals surface area contributed by atoms with E-state index in [1.165, 1.54) is 11.3 Å². The average Bonchev–Trinajstić information content (AvgIpc) is 3.44. The van der Waals surface area contributed by atoms with Crippen molar-refractivity contribution in [2.45, 2.75) is 46.1 Å². The van der Waals surface area contributed by atoms with Crippen LogP contribution in [-0.4, -0.2) is 29.9 Å². The van der Waals surface area contributed by atoms with E-state index in [2.05, 4.69) is 41.6 Å². The number of amides is 2. The molecule has 0 fully saturated rings. The number of aryl methyl sites for hydroxylation is 1. The molecule has 0 aliphatic heterocycles. The number of carbonyl (C=O) groups is 2. The zero-order valence-corrected chi connectivity index (χ0v) is 20.3. The second-order valence-electron chi connectivity index (χ2n) is 7.83. The van der Waals surface area contributed by atoms with Crippen LogP contribution < -0.4 is 15.4 Å². The number of rotatable bonds is 11. The highest BCUT2D eigenvalue weighted by Crippen LogP contribution is 2.28. The number of hydrogen-bond donors (Lipinski definition) is 2. The van der Waals surface area contributed by atoms with E-state index in [9.17, 15) is 9.59 Å². The summed E-state index contributed by atoms with van der Waals surface area (Å²) in [6.45, 7) is 7.64. The second-order valence-corrected chi connectivity index (χ2v) is 9.80. The van der Waals surface area contributed by atoms with Crippen molar-refractivity contribution in [2.75, 3.05) is 13.1 Å². The van der Waals surface area contributed by atoms with Gasteiger partial charge in [0.25, 0.3) is 5.91 Å². The molecule has 32 heavy (non-hydrogen) atoms. The lowest BCUT2D eigenvalue weighted by Gasteiger charge is -2.14. The van der Waals surface area contributed by atoms with E-state index in [0.29, 0.717) is 44.1 Å². The highest BCUT2D eigenvalue weighted by Gasteiger charge is 2.13. The van der Waals surface area contributed by atoms with Gasteiger partial charge in [0.05, 0.1) is 6.42 Å². The number of thiophene rings is 1. The molecule has 2 N–H and O–H groups in total. The lowest BCUT2D eigenvalue weighted by Crippen LogP contribution is -2.30. The summed E-state index contributed by atoms with van der Waals surface area (Å²) in [5.41, 5.74) is 2.70. The maximum absolute atomic E-state index is 12.3. The summed E-state index contributed by atoms with van der Waals surface area (Å²) in [6.07, 6.45) is 1.06. The first kappa shape index (κ1) is 23.9. The van der Waals surface area contributed by atoms with Crippen LogP contribution in [0.1, 0.15) is 57.7 Å². The molecular weight excluding hydrogens is 442 g/mol. The quantitative estimate of drug-likeness (QED) is 0.398. The summed E-state index contributed by atoms with van der Waals surface area (Å²) >= 11 is 2.98. The van der Waals surface area contributed by atoms with E-state index in [0.717, 1.165) is 26.8 Å². The molecule has 3 aromatic rings. The number of benzene rings is 1. The summed E-state index contributed by atoms with van der Waals surface area (Å²) < 4.78 is 6.01. The molecule has 1 aromatic carbocycles. The molecule has 0 aliphatic rings. The van der Waals surface area contributed by atoms with Crippen LogP contribution in [0.25, 0.3) is 0 Å². The highest BCUT2D eigenvalue weighted by molar-refractivity contribution is 7.10. The Labute approximate surface area is 197 Å². The molecule has 0 atom stereocenters. The minimum absolute atomic E-state index is 0.00264. The van der Waals surface area contributed by atoms with Gasteiger partial charge in [-0.05, 0) is 47.9 Å². The fourth-order valence-electron chi connectivity index (χ4n) is 3.11. The van der Waals surface area contributed by atoms with E-state index in [1.54, 1.807) is 16.7 Å². The lowest BCUT2D eigenvalue weighted by molar-refractivity contribution is -0.120. The third-order valence-electron chi connectivity index (χ3n) is 4.80. The zero-order valence-electron chi connectivity index (χ0n) is 18.6. The number of aromatic nitrogens is 1. The molecule has 0 saturated carbocycles. The number of nitrogens with zero attached hydrogens (tertiary/aromatic N) is 1. The Morgan fingerprint density at radius 3 is 2.69 bits per heavy atom. The molecule has 0 unspecified atom stereocenters. The second kappa shape index (κ2) is 11.8. The standard InChI is InChI=1S/C24H29N3O3S2/c1-16(2)19-8-7-17(3)12-21(19)30-14-23-27-20(15-32-23)24(29)26-10-5-9-25-22(28)13-18-6-4-11-31-18/h4,6-8,11-12,15-16H,5,9-10,13-14H2,1-3H3,(H,25,28)(H,26,29). The van der Waals surface area contributed by atoms with Crippen molar-refractivity contribution in [1.82, 2.24) is 15.6 Å². The molecule has 3 rings (SSSR count). The van der Waals surface area contributed by atoms with E-state index in [1.807, 2.05) is 30.5 Å². The van der Waals surface area contributed by atoms with Crippen molar-refractivity contribution in [3.63, 3.8) is 0 Å². The summed E-state index contributed by atoms with van der Waals surface area (Å²) in [5.74, 6) is 1.01. The molecule has 0 bridgehead atoms. The fraction of sp³-hybridized carbons (Fsp3) is 0.375. The van der Waals surface area contributed by atoms with Gasteiger partial charge in [0.1, 0.15) is 23.1 Å². The maximum Gasteiger partial charge on any atom is 0.270 e. The van der Waals surface area contributed by atoms with Crippen molar-refractivity contribution >= 4 is 34.5 Å². The predicted octanol–water partition coefficient (Wildman–Crippen LogP) is 4.69. The Balaban J connectivity index is 1.39. The minimum atomic E-state index is -0.212. The van der Waals surface area contributed by atoms with Crippen molar-refractivity contribution in [2.24, 2.45) is 0 Å². The summed E-state index contributed by atoms with van der Waals surface area (Å²) in [6, 6.07) is 10.1. The molecule has 0 saturated heterocycles. The van der Waals surface area contributed by atoms with E-state index in [-0.39, 0.29) is 11.8 Å². The predicted molar refractivity (Wildman–Crippen MR) is 130 cm³/mol. The molecule has 0 radical (unpaired) electrons. The topological polar surface area (TPSA) is 80.3 Å². The summed E-state index contributed by atoms with van der Waals surface area (Å²) in [7, 11) is 0. The van der Waals surface area contributed by atoms with Gasteiger partial charge in [-0.1, -0.05) is 32.0 Å². The van der Waals surface area contributed by atoms with Crippen LogP contribution in [0.3, 0.4) is 0 Å². The summed E-state index contributed by atoms with van der Waals surface area (Å²) in [4.78, 5) is 29.6. The van der Waals surface area contributed by atoms with Gasteiger partial charge < -0.3 is 15.4 Å². The van der Waals surface area contributed by atoms with Gasteiger partial charge in [-0.15, -0.1) is 22.7 Å². The van der Waals surface area contributed by atoms with Crippen LogP contribution in [0.15, 0.2) is 41.1 Å². The highest BCUT2D eigenvalue weighted by atomic mass is 32.1. The van der Waals surface area contributed by atoms with E-state index >= 15 is 0 Å². The summed E-state index contributed by atoms with van der Waals surface area (Å²) in [5, 5.41) is 10.2. The number of hydrogen-bond acceptors (Lipinski definition) is 6. The molecule has 6 nitrogen and oxygen atoms in total. The number of nitrogens with one attached hydrogen (secondary N) is 2. The number of carbonyl (C=O) groups excluding carboxylic acids is 2. The normalized spacial score (nSPS) is 10.9. The van der Waals surface area contributed by atoms with Crippen LogP contribution in [0, 0.1) is 6.92 Å². The van der Waals surface area contributed by atoms with E-state index in [4.69, 9.17) is 4.74 Å². The van der Waals surface area contributed by atoms with Crippen LogP contribution >= 0.6 is 22.7 Å². The van der Waals surface area contributed by atoms with Gasteiger partial charge in [0, 0.05) is 23.3 Å². The van der Waals surface area contributed by atoms with Crippen LogP contribution in [0.5, 0.6) is 5.75 Å². The van der Waals surface area contributed by atoms with Crippen LogP contribution in [0.4, 0.5) is 0 Å². The fourth-order valence-corrected chi connectivity index (χ4v) is 4.50. The van der Waals surface area contributed by atoms with Gasteiger partial charge in [-0.3, -0.25) is 9.59 Å². The van der Waals surface area contributed by atoms with Crippen molar-refractivity contribution < 1.29 is 14.3 Å².